The van der Waals surface area contributed by atoms with Gasteiger partial charge in [-0.05, 0) is 29.3 Å². The van der Waals surface area contributed by atoms with Crippen LogP contribution in [0.5, 0.6) is 0 Å². The van der Waals surface area contributed by atoms with Crippen LogP contribution >= 0.6 is 0 Å². The van der Waals surface area contributed by atoms with Crippen molar-refractivity contribution in [2.75, 3.05) is 10.6 Å². The van der Waals surface area contributed by atoms with Crippen molar-refractivity contribution < 1.29 is 14.0 Å². The standard InChI is InChI=1S/C27H23FN4O4/c28-22-12-11-21(16-23(22)30-24(33)15-19-7-3-1-4-8-19)29-25(34)18-32-26(35)13-14-31(27(32)36)17-20-9-5-2-6-10-20/h1-14,16H,15,17-18H2,(H,29,34)(H,30,33). The molecule has 4 aromatic rings. The number of halogens is 1. The van der Waals surface area contributed by atoms with Crippen molar-refractivity contribution in [1.82, 2.24) is 9.13 Å². The van der Waals surface area contributed by atoms with E-state index in [0.29, 0.717) is 0 Å². The van der Waals surface area contributed by atoms with Gasteiger partial charge in [0.05, 0.1) is 18.7 Å². The van der Waals surface area contributed by atoms with Gasteiger partial charge < -0.3 is 10.6 Å². The number of rotatable bonds is 8. The predicted molar refractivity (Wildman–Crippen MR) is 134 cm³/mol. The SMILES string of the molecule is O=C(Cn1c(=O)ccn(Cc2ccccc2)c1=O)Nc1ccc(F)c(NC(=O)Cc2ccccc2)c1. The number of nitrogens with zero attached hydrogens (tertiary/aromatic N) is 2. The normalized spacial score (nSPS) is 10.6. The Hall–Kier alpha value is -4.79. The van der Waals surface area contributed by atoms with E-state index in [-0.39, 0.29) is 24.3 Å². The average molecular weight is 487 g/mol. The van der Waals surface area contributed by atoms with Crippen LogP contribution in [0, 0.1) is 5.82 Å². The molecular formula is C27H23FN4O4. The molecule has 36 heavy (non-hydrogen) atoms. The van der Waals surface area contributed by atoms with Crippen LogP contribution in [0.25, 0.3) is 0 Å². The quantitative estimate of drug-likeness (QED) is 0.400. The molecule has 0 unspecified atom stereocenters. The Morgan fingerprint density at radius 2 is 1.44 bits per heavy atom. The number of benzene rings is 3. The Kier molecular flexibility index (Phi) is 7.50. The first-order valence-electron chi connectivity index (χ1n) is 11.2. The molecule has 0 aliphatic heterocycles. The van der Waals surface area contributed by atoms with Crippen molar-refractivity contribution in [1.29, 1.82) is 0 Å². The summed E-state index contributed by atoms with van der Waals surface area (Å²) in [5.41, 5.74) is 0.483. The molecule has 0 aliphatic rings. The van der Waals surface area contributed by atoms with Crippen molar-refractivity contribution in [3.8, 4) is 0 Å². The lowest BCUT2D eigenvalue weighted by Gasteiger charge is -2.12. The molecule has 2 N–H and O–H groups in total. The number of anilines is 2. The van der Waals surface area contributed by atoms with E-state index in [9.17, 15) is 23.6 Å². The van der Waals surface area contributed by atoms with Crippen molar-refractivity contribution in [2.45, 2.75) is 19.5 Å². The Bertz CT molecular complexity index is 1500. The zero-order chi connectivity index (χ0) is 25.5. The minimum atomic E-state index is -0.669. The number of aromatic nitrogens is 2. The number of hydrogen-bond acceptors (Lipinski definition) is 4. The molecular weight excluding hydrogens is 463 g/mol. The van der Waals surface area contributed by atoms with E-state index < -0.39 is 35.4 Å². The topological polar surface area (TPSA) is 102 Å². The highest BCUT2D eigenvalue weighted by Crippen LogP contribution is 2.20. The maximum atomic E-state index is 14.3. The number of carbonyl (C=O) groups excluding carboxylic acids is 2. The molecule has 0 radical (unpaired) electrons. The summed E-state index contributed by atoms with van der Waals surface area (Å²) >= 11 is 0. The zero-order valence-corrected chi connectivity index (χ0v) is 19.2. The fourth-order valence-corrected chi connectivity index (χ4v) is 3.62. The van der Waals surface area contributed by atoms with Gasteiger partial charge in [0.15, 0.2) is 0 Å². The van der Waals surface area contributed by atoms with Crippen LogP contribution in [0.1, 0.15) is 11.1 Å². The predicted octanol–water partition coefficient (Wildman–Crippen LogP) is 3.02. The lowest BCUT2D eigenvalue weighted by atomic mass is 10.1. The van der Waals surface area contributed by atoms with E-state index in [4.69, 9.17) is 0 Å². The second-order valence-corrected chi connectivity index (χ2v) is 8.09. The third kappa shape index (κ3) is 6.20. The van der Waals surface area contributed by atoms with Crippen LogP contribution in [0.4, 0.5) is 15.8 Å². The molecule has 0 saturated heterocycles. The minimum Gasteiger partial charge on any atom is -0.324 e. The van der Waals surface area contributed by atoms with E-state index in [2.05, 4.69) is 10.6 Å². The van der Waals surface area contributed by atoms with Gasteiger partial charge >= 0.3 is 5.69 Å². The molecule has 0 atom stereocenters. The van der Waals surface area contributed by atoms with E-state index in [1.807, 2.05) is 36.4 Å². The Balaban J connectivity index is 1.45. The summed E-state index contributed by atoms with van der Waals surface area (Å²) in [7, 11) is 0. The van der Waals surface area contributed by atoms with Crippen LogP contribution in [0.3, 0.4) is 0 Å². The summed E-state index contributed by atoms with van der Waals surface area (Å²) in [4.78, 5) is 50.0. The fraction of sp³-hybridized carbons (Fsp3) is 0.111. The van der Waals surface area contributed by atoms with E-state index in [1.54, 1.807) is 24.3 Å². The highest BCUT2D eigenvalue weighted by Gasteiger charge is 2.13. The van der Waals surface area contributed by atoms with Gasteiger partial charge in [0, 0.05) is 18.0 Å². The van der Waals surface area contributed by atoms with Gasteiger partial charge in [-0.2, -0.15) is 0 Å². The summed E-state index contributed by atoms with van der Waals surface area (Å²) in [6, 6.07) is 23.1. The third-order valence-electron chi connectivity index (χ3n) is 5.37. The number of carbonyl (C=O) groups is 2. The summed E-state index contributed by atoms with van der Waals surface area (Å²) < 4.78 is 16.4. The van der Waals surface area contributed by atoms with E-state index in [0.717, 1.165) is 21.8 Å². The lowest BCUT2D eigenvalue weighted by molar-refractivity contribution is -0.117. The van der Waals surface area contributed by atoms with Gasteiger partial charge in [0.1, 0.15) is 12.4 Å². The zero-order valence-electron chi connectivity index (χ0n) is 19.2. The minimum absolute atomic E-state index is 0.0586. The van der Waals surface area contributed by atoms with Crippen molar-refractivity contribution in [3.63, 3.8) is 0 Å². The van der Waals surface area contributed by atoms with Gasteiger partial charge in [-0.15, -0.1) is 0 Å². The lowest BCUT2D eigenvalue weighted by Crippen LogP contribution is -2.41. The first-order valence-corrected chi connectivity index (χ1v) is 11.2. The van der Waals surface area contributed by atoms with Crippen LogP contribution in [-0.2, 0) is 29.1 Å². The molecule has 0 fully saturated rings. The van der Waals surface area contributed by atoms with Gasteiger partial charge in [0.25, 0.3) is 5.56 Å². The highest BCUT2D eigenvalue weighted by molar-refractivity contribution is 5.95. The summed E-state index contributed by atoms with van der Waals surface area (Å²) in [5, 5.41) is 5.04. The maximum absolute atomic E-state index is 14.3. The van der Waals surface area contributed by atoms with Crippen molar-refractivity contribution in [3.05, 3.63) is 129 Å². The van der Waals surface area contributed by atoms with Gasteiger partial charge in [0.2, 0.25) is 11.8 Å². The Labute approximate surface area is 205 Å². The number of hydrogen-bond donors (Lipinski definition) is 2. The first kappa shape index (κ1) is 24.3. The van der Waals surface area contributed by atoms with E-state index >= 15 is 0 Å². The molecule has 2 amide bonds. The summed E-state index contributed by atoms with van der Waals surface area (Å²) in [6.45, 7) is -0.286. The van der Waals surface area contributed by atoms with Crippen molar-refractivity contribution in [2.24, 2.45) is 0 Å². The van der Waals surface area contributed by atoms with E-state index in [1.165, 1.54) is 29.0 Å². The Morgan fingerprint density at radius 3 is 2.14 bits per heavy atom. The number of amides is 2. The Morgan fingerprint density at radius 1 is 0.778 bits per heavy atom. The molecule has 4 rings (SSSR count). The summed E-state index contributed by atoms with van der Waals surface area (Å²) in [5.74, 6) is -1.74. The molecule has 0 spiro atoms. The highest BCUT2D eigenvalue weighted by atomic mass is 19.1. The van der Waals surface area contributed by atoms with Crippen molar-refractivity contribution >= 4 is 23.2 Å². The molecule has 9 heteroatoms. The van der Waals surface area contributed by atoms with Crippen LogP contribution in [0.15, 0.2) is 101 Å². The molecule has 182 valence electrons. The van der Waals surface area contributed by atoms with Gasteiger partial charge in [-0.1, -0.05) is 60.7 Å². The second kappa shape index (κ2) is 11.1. The third-order valence-corrected chi connectivity index (χ3v) is 5.37. The smallest absolute Gasteiger partial charge is 0.324 e. The monoisotopic (exact) mass is 486 g/mol. The fourth-order valence-electron chi connectivity index (χ4n) is 3.62. The number of nitrogens with one attached hydrogen (secondary N) is 2. The van der Waals surface area contributed by atoms with Crippen LogP contribution < -0.4 is 21.9 Å². The molecule has 0 saturated carbocycles. The molecule has 3 aromatic carbocycles. The van der Waals surface area contributed by atoms with Crippen LogP contribution in [0.2, 0.25) is 0 Å². The van der Waals surface area contributed by atoms with Gasteiger partial charge in [-0.3, -0.25) is 23.5 Å². The van der Waals surface area contributed by atoms with Crippen LogP contribution in [-0.4, -0.2) is 20.9 Å². The second-order valence-electron chi connectivity index (χ2n) is 8.09. The average Bonchev–Trinajstić information content (AvgIpc) is 2.87. The van der Waals surface area contributed by atoms with Gasteiger partial charge in [-0.25, -0.2) is 9.18 Å². The molecule has 0 bridgehead atoms. The molecule has 1 heterocycles. The maximum Gasteiger partial charge on any atom is 0.331 e. The summed E-state index contributed by atoms with van der Waals surface area (Å²) in [6.07, 6.45) is 1.44. The molecule has 1 aromatic heterocycles. The molecule has 0 aliphatic carbocycles. The first-order chi connectivity index (χ1) is 17.4. The largest absolute Gasteiger partial charge is 0.331 e. The molecule has 8 nitrogen and oxygen atoms in total.